The van der Waals surface area contributed by atoms with Gasteiger partial charge in [0.25, 0.3) is 5.69 Å². The lowest BCUT2D eigenvalue weighted by Gasteiger charge is -2.28. The highest BCUT2D eigenvalue weighted by atomic mass is 16.6. The minimum absolute atomic E-state index is 0.00108. The fourth-order valence-electron chi connectivity index (χ4n) is 2.38. The van der Waals surface area contributed by atoms with Crippen LogP contribution >= 0.6 is 0 Å². The first kappa shape index (κ1) is 18.7. The molecule has 23 heavy (non-hydrogen) atoms. The van der Waals surface area contributed by atoms with E-state index >= 15 is 0 Å². The summed E-state index contributed by atoms with van der Waals surface area (Å²) < 4.78 is 0. The summed E-state index contributed by atoms with van der Waals surface area (Å²) >= 11 is 0. The van der Waals surface area contributed by atoms with Crippen LogP contribution in [0.2, 0.25) is 0 Å². The quantitative estimate of drug-likeness (QED) is 0.447. The Balaban J connectivity index is 3.25. The standard InChI is InChI=1S/C17H24N2O4/c1-12(2)10-18(11-13(3)4)15-7-5-14(6-8-17(20)21)9-16(15)19(22)23/h5-9,12-13H,10-11H2,1-4H3,(H,20,21). The lowest BCUT2D eigenvalue weighted by molar-refractivity contribution is -0.384. The molecule has 0 aliphatic rings. The minimum atomic E-state index is -1.09. The second-order valence-corrected chi connectivity index (χ2v) is 6.37. The van der Waals surface area contributed by atoms with E-state index in [2.05, 4.69) is 27.7 Å². The number of nitro groups is 1. The molecule has 0 spiro atoms. The van der Waals surface area contributed by atoms with Crippen LogP contribution in [0.1, 0.15) is 33.3 Å². The molecule has 0 saturated heterocycles. The van der Waals surface area contributed by atoms with Gasteiger partial charge in [-0.05, 0) is 29.5 Å². The third kappa shape index (κ3) is 6.10. The lowest BCUT2D eigenvalue weighted by atomic mass is 10.1. The molecule has 1 aromatic rings. The van der Waals surface area contributed by atoms with E-state index in [4.69, 9.17) is 5.11 Å². The Hall–Kier alpha value is -2.37. The number of anilines is 1. The minimum Gasteiger partial charge on any atom is -0.478 e. The van der Waals surface area contributed by atoms with Gasteiger partial charge >= 0.3 is 5.97 Å². The van der Waals surface area contributed by atoms with Gasteiger partial charge < -0.3 is 10.0 Å². The SMILES string of the molecule is CC(C)CN(CC(C)C)c1ccc(C=CC(=O)O)cc1[N+](=O)[O-]. The Labute approximate surface area is 136 Å². The van der Waals surface area contributed by atoms with Crippen molar-refractivity contribution in [3.05, 3.63) is 40.0 Å². The highest BCUT2D eigenvalue weighted by Gasteiger charge is 2.21. The van der Waals surface area contributed by atoms with E-state index in [0.29, 0.717) is 23.1 Å². The maximum atomic E-state index is 11.4. The number of benzene rings is 1. The van der Waals surface area contributed by atoms with Gasteiger partial charge in [-0.15, -0.1) is 0 Å². The molecule has 0 saturated carbocycles. The van der Waals surface area contributed by atoms with Crippen molar-refractivity contribution in [2.75, 3.05) is 18.0 Å². The number of carbonyl (C=O) groups is 1. The summed E-state index contributed by atoms with van der Waals surface area (Å²) in [5.74, 6) is -0.335. The number of carboxylic acid groups (broad SMARTS) is 1. The van der Waals surface area contributed by atoms with Gasteiger partial charge in [0.15, 0.2) is 0 Å². The molecule has 0 fully saturated rings. The summed E-state index contributed by atoms with van der Waals surface area (Å²) in [6, 6.07) is 4.82. The Morgan fingerprint density at radius 3 is 2.26 bits per heavy atom. The number of nitrogens with zero attached hydrogens (tertiary/aromatic N) is 2. The summed E-state index contributed by atoms with van der Waals surface area (Å²) in [6.45, 7) is 9.74. The first-order chi connectivity index (χ1) is 10.7. The zero-order valence-corrected chi connectivity index (χ0v) is 14.0. The van der Waals surface area contributed by atoms with E-state index in [1.165, 1.54) is 12.1 Å². The smallest absolute Gasteiger partial charge is 0.328 e. The average Bonchev–Trinajstić information content (AvgIpc) is 2.43. The third-order valence-electron chi connectivity index (χ3n) is 3.13. The lowest BCUT2D eigenvalue weighted by Crippen LogP contribution is -2.31. The largest absolute Gasteiger partial charge is 0.478 e. The van der Waals surface area contributed by atoms with Gasteiger partial charge in [-0.2, -0.15) is 0 Å². The van der Waals surface area contributed by atoms with Gasteiger partial charge in [0, 0.05) is 25.2 Å². The molecule has 0 radical (unpaired) electrons. The van der Waals surface area contributed by atoms with Crippen molar-refractivity contribution in [3.63, 3.8) is 0 Å². The molecule has 0 amide bonds. The molecule has 1 aromatic carbocycles. The summed E-state index contributed by atoms with van der Waals surface area (Å²) in [5.41, 5.74) is 1.07. The number of rotatable bonds is 8. The zero-order valence-electron chi connectivity index (χ0n) is 14.0. The van der Waals surface area contributed by atoms with E-state index in [-0.39, 0.29) is 5.69 Å². The summed E-state index contributed by atoms with van der Waals surface area (Å²) in [6.07, 6.45) is 2.33. The molecule has 0 aliphatic heterocycles. The fourth-order valence-corrected chi connectivity index (χ4v) is 2.38. The van der Waals surface area contributed by atoms with E-state index in [0.717, 1.165) is 19.2 Å². The molecule has 0 bridgehead atoms. The molecular weight excluding hydrogens is 296 g/mol. The van der Waals surface area contributed by atoms with E-state index in [9.17, 15) is 14.9 Å². The van der Waals surface area contributed by atoms with Gasteiger partial charge in [-0.3, -0.25) is 10.1 Å². The second-order valence-electron chi connectivity index (χ2n) is 6.37. The van der Waals surface area contributed by atoms with Crippen LogP contribution in [0.5, 0.6) is 0 Å². The monoisotopic (exact) mass is 320 g/mol. The van der Waals surface area contributed by atoms with Crippen molar-refractivity contribution >= 4 is 23.4 Å². The van der Waals surface area contributed by atoms with Gasteiger partial charge in [-0.25, -0.2) is 4.79 Å². The first-order valence-corrected chi connectivity index (χ1v) is 7.65. The van der Waals surface area contributed by atoms with Gasteiger partial charge in [0.05, 0.1) is 4.92 Å². The highest BCUT2D eigenvalue weighted by molar-refractivity contribution is 5.85. The summed E-state index contributed by atoms with van der Waals surface area (Å²) in [4.78, 5) is 23.6. The molecule has 6 nitrogen and oxygen atoms in total. The predicted octanol–water partition coefficient (Wildman–Crippen LogP) is 3.81. The number of carboxylic acids is 1. The van der Waals surface area contributed by atoms with Crippen molar-refractivity contribution in [2.24, 2.45) is 11.8 Å². The van der Waals surface area contributed by atoms with E-state index in [1.807, 2.05) is 4.90 Å². The van der Waals surface area contributed by atoms with Crippen molar-refractivity contribution in [1.82, 2.24) is 0 Å². The molecule has 0 aliphatic carbocycles. The summed E-state index contributed by atoms with van der Waals surface area (Å²) in [7, 11) is 0. The third-order valence-corrected chi connectivity index (χ3v) is 3.13. The van der Waals surface area contributed by atoms with Crippen LogP contribution in [0.4, 0.5) is 11.4 Å². The summed E-state index contributed by atoms with van der Waals surface area (Å²) in [5, 5.41) is 20.1. The predicted molar refractivity (Wildman–Crippen MR) is 91.7 cm³/mol. The zero-order chi connectivity index (χ0) is 17.6. The average molecular weight is 320 g/mol. The molecule has 0 heterocycles. The van der Waals surface area contributed by atoms with Gasteiger partial charge in [0.1, 0.15) is 5.69 Å². The first-order valence-electron chi connectivity index (χ1n) is 7.65. The van der Waals surface area contributed by atoms with Gasteiger partial charge in [0.2, 0.25) is 0 Å². The van der Waals surface area contributed by atoms with Crippen molar-refractivity contribution < 1.29 is 14.8 Å². The Morgan fingerprint density at radius 1 is 1.26 bits per heavy atom. The van der Waals surface area contributed by atoms with Crippen LogP contribution in [0, 0.1) is 22.0 Å². The molecule has 0 unspecified atom stereocenters. The van der Waals surface area contributed by atoms with Crippen LogP contribution in [-0.2, 0) is 4.79 Å². The highest BCUT2D eigenvalue weighted by Crippen LogP contribution is 2.31. The molecule has 0 atom stereocenters. The maximum Gasteiger partial charge on any atom is 0.328 e. The fraction of sp³-hybridized carbons (Fsp3) is 0.471. The van der Waals surface area contributed by atoms with Gasteiger partial charge in [-0.1, -0.05) is 33.8 Å². The molecular formula is C17H24N2O4. The topological polar surface area (TPSA) is 83.7 Å². The molecule has 126 valence electrons. The molecule has 1 rings (SSSR count). The Morgan fingerprint density at radius 2 is 1.83 bits per heavy atom. The Kier molecular flexibility index (Phi) is 6.75. The van der Waals surface area contributed by atoms with E-state index < -0.39 is 10.9 Å². The molecule has 6 heteroatoms. The number of hydrogen-bond donors (Lipinski definition) is 1. The number of aliphatic carboxylic acids is 1. The van der Waals surface area contributed by atoms with Crippen LogP contribution < -0.4 is 4.90 Å². The maximum absolute atomic E-state index is 11.4. The number of nitro benzene ring substituents is 1. The van der Waals surface area contributed by atoms with Crippen molar-refractivity contribution in [3.8, 4) is 0 Å². The van der Waals surface area contributed by atoms with Crippen LogP contribution in [0.15, 0.2) is 24.3 Å². The molecule has 1 N–H and O–H groups in total. The van der Waals surface area contributed by atoms with E-state index in [1.54, 1.807) is 12.1 Å². The van der Waals surface area contributed by atoms with Crippen LogP contribution in [0.3, 0.4) is 0 Å². The molecule has 0 aromatic heterocycles. The van der Waals surface area contributed by atoms with Crippen molar-refractivity contribution in [1.29, 1.82) is 0 Å². The number of hydrogen-bond acceptors (Lipinski definition) is 4. The normalized spacial score (nSPS) is 11.4. The Bertz CT molecular complexity index is 584. The van der Waals surface area contributed by atoms with Crippen molar-refractivity contribution in [2.45, 2.75) is 27.7 Å². The van der Waals surface area contributed by atoms with Crippen LogP contribution in [-0.4, -0.2) is 29.1 Å². The second kappa shape index (κ2) is 8.31. The van der Waals surface area contributed by atoms with Crippen LogP contribution in [0.25, 0.3) is 6.08 Å².